The average molecular weight is 549 g/mol. The highest BCUT2D eigenvalue weighted by Gasteiger charge is 2.54. The first-order chi connectivity index (χ1) is 17.7. The molecule has 4 atom stereocenters. The minimum absolute atomic E-state index is 0.0775. The number of carbonyl (C=O) groups is 3. The van der Waals surface area contributed by atoms with E-state index >= 15 is 4.39 Å². The molecule has 1 aliphatic carbocycles. The molecule has 4 rings (SSSR count). The molecule has 1 aromatic carbocycles. The van der Waals surface area contributed by atoms with Gasteiger partial charge in [0, 0.05) is 6.54 Å². The third-order valence-electron chi connectivity index (χ3n) is 7.23. The van der Waals surface area contributed by atoms with E-state index in [1.165, 1.54) is 11.3 Å². The summed E-state index contributed by atoms with van der Waals surface area (Å²) in [7, 11) is 0. The summed E-state index contributed by atoms with van der Waals surface area (Å²) in [6.45, 7) is 8.57. The van der Waals surface area contributed by atoms with Crippen LogP contribution in [0.15, 0.2) is 23.7 Å². The van der Waals surface area contributed by atoms with Crippen LogP contribution in [0.3, 0.4) is 0 Å². The predicted molar refractivity (Wildman–Crippen MR) is 140 cm³/mol. The Kier molecular flexibility index (Phi) is 7.64. The molecule has 2 aromatic rings. The number of rotatable bonds is 7. The lowest BCUT2D eigenvalue weighted by atomic mass is 9.85. The van der Waals surface area contributed by atoms with E-state index in [0.29, 0.717) is 0 Å². The molecule has 1 saturated carbocycles. The zero-order valence-electron chi connectivity index (χ0n) is 22.2. The fourth-order valence-corrected chi connectivity index (χ4v) is 5.43. The Labute approximate surface area is 224 Å². The number of alkyl halides is 2. The Morgan fingerprint density at radius 2 is 1.95 bits per heavy atom. The lowest BCUT2D eigenvalue weighted by Crippen LogP contribution is -2.59. The summed E-state index contributed by atoms with van der Waals surface area (Å²) >= 11 is 1.54. The van der Waals surface area contributed by atoms with Crippen LogP contribution >= 0.6 is 11.3 Å². The van der Waals surface area contributed by atoms with Crippen molar-refractivity contribution in [1.29, 1.82) is 0 Å². The Hall–Kier alpha value is -2.92. The van der Waals surface area contributed by atoms with Crippen LogP contribution in [0.2, 0.25) is 0 Å². The van der Waals surface area contributed by atoms with Crippen LogP contribution in [0, 0.1) is 19.3 Å². The number of hydrogen-bond acceptors (Lipinski definition) is 6. The summed E-state index contributed by atoms with van der Waals surface area (Å²) in [4.78, 5) is 45.3. The molecule has 3 N–H and O–H groups in total. The van der Waals surface area contributed by atoms with Gasteiger partial charge in [-0.05, 0) is 48.8 Å². The molecule has 0 spiro atoms. The van der Waals surface area contributed by atoms with Crippen molar-refractivity contribution in [2.24, 2.45) is 5.41 Å². The normalized spacial score (nSPS) is 23.2. The molecule has 3 amide bonds. The first kappa shape index (κ1) is 28.1. The van der Waals surface area contributed by atoms with E-state index in [9.17, 15) is 23.9 Å². The van der Waals surface area contributed by atoms with Crippen LogP contribution in [-0.4, -0.2) is 69.3 Å². The van der Waals surface area contributed by atoms with Crippen molar-refractivity contribution in [3.05, 3.63) is 40.5 Å². The molecule has 0 bridgehead atoms. The molecular weight excluding hydrogens is 514 g/mol. The molecule has 38 heavy (non-hydrogen) atoms. The summed E-state index contributed by atoms with van der Waals surface area (Å²) in [6, 6.07) is 3.00. The number of aromatic nitrogens is 1. The van der Waals surface area contributed by atoms with Crippen LogP contribution in [0.25, 0.3) is 10.4 Å². The second kappa shape index (κ2) is 10.3. The van der Waals surface area contributed by atoms with Gasteiger partial charge < -0.3 is 20.6 Å². The van der Waals surface area contributed by atoms with Crippen molar-refractivity contribution in [3.63, 3.8) is 0 Å². The highest BCUT2D eigenvalue weighted by Crippen LogP contribution is 2.40. The number of benzene rings is 1. The first-order valence-corrected chi connectivity index (χ1v) is 13.5. The van der Waals surface area contributed by atoms with Crippen molar-refractivity contribution in [2.45, 2.75) is 84.0 Å². The molecule has 1 saturated heterocycles. The van der Waals surface area contributed by atoms with E-state index in [0.717, 1.165) is 32.2 Å². The minimum Gasteiger partial charge on any atom is -0.388 e. The number of nitrogens with one attached hydrogen (secondary N) is 2. The summed E-state index contributed by atoms with van der Waals surface area (Å²) in [5.41, 5.74) is 2.59. The number of aryl methyl sites for hydroxylation is 2. The molecule has 2 fully saturated rings. The van der Waals surface area contributed by atoms with Gasteiger partial charge in [0.1, 0.15) is 18.2 Å². The van der Waals surface area contributed by atoms with Gasteiger partial charge in [-0.1, -0.05) is 39.0 Å². The molecule has 4 unspecified atom stereocenters. The van der Waals surface area contributed by atoms with E-state index < -0.39 is 59.7 Å². The van der Waals surface area contributed by atoms with Crippen LogP contribution in [0.1, 0.15) is 50.4 Å². The number of β-amino-alcohol motifs (C(OH)–C–C–N with tert-alkyl or cyclic N) is 1. The Bertz CT molecular complexity index is 1240. The summed E-state index contributed by atoms with van der Waals surface area (Å²) in [5.74, 6) is -2.39. The largest absolute Gasteiger partial charge is 0.388 e. The van der Waals surface area contributed by atoms with Gasteiger partial charge in [-0.15, -0.1) is 11.3 Å². The maximum absolute atomic E-state index is 15.1. The molecule has 1 aromatic heterocycles. The number of aliphatic hydroxyl groups is 1. The van der Waals surface area contributed by atoms with Gasteiger partial charge in [0.05, 0.1) is 22.6 Å². The molecule has 2 heterocycles. The number of amides is 3. The van der Waals surface area contributed by atoms with Gasteiger partial charge in [0.25, 0.3) is 5.91 Å². The van der Waals surface area contributed by atoms with E-state index in [2.05, 4.69) is 15.6 Å². The van der Waals surface area contributed by atoms with Crippen LogP contribution in [0.4, 0.5) is 8.78 Å². The summed E-state index contributed by atoms with van der Waals surface area (Å²) < 4.78 is 29.4. The predicted octanol–water partition coefficient (Wildman–Crippen LogP) is 2.99. The third-order valence-corrected chi connectivity index (χ3v) is 8.21. The Balaban J connectivity index is 1.48. The quantitative estimate of drug-likeness (QED) is 0.493. The van der Waals surface area contributed by atoms with Gasteiger partial charge in [-0.3, -0.25) is 14.4 Å². The van der Waals surface area contributed by atoms with Crippen molar-refractivity contribution < 1.29 is 28.3 Å². The minimum atomic E-state index is -2.01. The highest BCUT2D eigenvalue weighted by molar-refractivity contribution is 7.13. The van der Waals surface area contributed by atoms with Crippen LogP contribution < -0.4 is 10.6 Å². The number of nitrogens with zero attached hydrogens (tertiary/aromatic N) is 2. The fourth-order valence-electron chi connectivity index (χ4n) is 4.62. The van der Waals surface area contributed by atoms with Gasteiger partial charge in [0.15, 0.2) is 11.8 Å². The van der Waals surface area contributed by atoms with Gasteiger partial charge >= 0.3 is 0 Å². The monoisotopic (exact) mass is 548 g/mol. The summed E-state index contributed by atoms with van der Waals surface area (Å²) in [5, 5.41) is 15.4. The number of carbonyl (C=O) groups excluding carboxylic acids is 3. The molecule has 0 radical (unpaired) electrons. The number of hydrogen-bond donors (Lipinski definition) is 3. The molecule has 2 aliphatic rings. The number of halogens is 2. The first-order valence-electron chi connectivity index (χ1n) is 12.6. The van der Waals surface area contributed by atoms with Crippen molar-refractivity contribution in [3.8, 4) is 10.4 Å². The van der Waals surface area contributed by atoms with Gasteiger partial charge in [0.2, 0.25) is 11.8 Å². The van der Waals surface area contributed by atoms with Crippen molar-refractivity contribution in [2.75, 3.05) is 6.54 Å². The number of thiazole rings is 1. The van der Waals surface area contributed by atoms with E-state index in [-0.39, 0.29) is 19.4 Å². The topological polar surface area (TPSA) is 112 Å². The molecule has 11 heteroatoms. The maximum Gasteiger partial charge on any atom is 0.258 e. The second-order valence-electron chi connectivity index (χ2n) is 11.3. The fraction of sp³-hybridized carbons (Fsp3) is 0.556. The number of likely N-dealkylation sites (tertiary alicyclic amines) is 1. The second-order valence-corrected chi connectivity index (χ2v) is 12.2. The Morgan fingerprint density at radius 3 is 2.50 bits per heavy atom. The van der Waals surface area contributed by atoms with E-state index in [1.807, 2.05) is 32.0 Å². The third kappa shape index (κ3) is 5.58. The lowest BCUT2D eigenvalue weighted by molar-refractivity contribution is -0.145. The van der Waals surface area contributed by atoms with Crippen LogP contribution in [0.5, 0.6) is 0 Å². The number of aliphatic hydroxyl groups excluding tert-OH is 1. The van der Waals surface area contributed by atoms with Crippen molar-refractivity contribution in [1.82, 2.24) is 20.5 Å². The van der Waals surface area contributed by atoms with E-state index in [1.54, 1.807) is 26.3 Å². The van der Waals surface area contributed by atoms with Gasteiger partial charge in [-0.25, -0.2) is 13.8 Å². The standard InChI is InChI=1S/C27H34F2N4O4S/c1-14-10-16(21-15(2)31-13-38-21)6-7-17(14)11-30-23(35)20-19(28)18(34)12-33(20)24(36)22(26(3,4)5)32-25(37)27(29)8-9-27/h6-7,10,13,18-20,22,34H,8-9,11-12H2,1-5H3,(H,30,35)(H,32,37). The van der Waals surface area contributed by atoms with E-state index in [4.69, 9.17) is 0 Å². The molecule has 206 valence electrons. The zero-order valence-corrected chi connectivity index (χ0v) is 23.0. The van der Waals surface area contributed by atoms with Crippen LogP contribution in [-0.2, 0) is 20.9 Å². The Morgan fingerprint density at radius 1 is 1.26 bits per heavy atom. The van der Waals surface area contributed by atoms with Crippen molar-refractivity contribution >= 4 is 29.1 Å². The maximum atomic E-state index is 15.1. The smallest absolute Gasteiger partial charge is 0.258 e. The molecule has 8 nitrogen and oxygen atoms in total. The average Bonchev–Trinajstić information content (AvgIpc) is 3.33. The lowest BCUT2D eigenvalue weighted by Gasteiger charge is -2.35. The molecule has 1 aliphatic heterocycles. The molecular formula is C27H34F2N4O4S. The zero-order chi connectivity index (χ0) is 28.0. The SMILES string of the molecule is Cc1cc(-c2scnc2C)ccc1CNC(=O)C1C(F)C(O)CN1C(=O)C(NC(=O)C1(F)CC1)C(C)(C)C. The summed E-state index contributed by atoms with van der Waals surface area (Å²) in [6.07, 6.45) is -3.42. The van der Waals surface area contributed by atoms with Gasteiger partial charge in [-0.2, -0.15) is 0 Å². The highest BCUT2D eigenvalue weighted by atomic mass is 32.1.